The Hall–Kier alpha value is -1.50. The zero-order chi connectivity index (χ0) is 23.5. The quantitative estimate of drug-likeness (QED) is 0.196. The van der Waals surface area contributed by atoms with Crippen molar-refractivity contribution in [1.82, 2.24) is 10.2 Å². The molecule has 2 aromatic rings. The number of hydrogen-bond acceptors (Lipinski definition) is 5. The zero-order valence-corrected chi connectivity index (χ0v) is 22.7. The molecule has 0 aliphatic heterocycles. The SMILES string of the molecule is CCCN(CCCCCCNCCc1ccc(CO)cc1)C1CCc2c(ccc(O)c2O)C1.Cl.Cl. The summed E-state index contributed by atoms with van der Waals surface area (Å²) in [5, 5.41) is 32.6. The molecule has 3 rings (SSSR count). The number of phenolic OH excluding ortho intramolecular Hbond substituents is 2. The Labute approximate surface area is 223 Å². The van der Waals surface area contributed by atoms with Gasteiger partial charge in [-0.25, -0.2) is 0 Å². The molecule has 1 atom stereocenters. The van der Waals surface area contributed by atoms with Gasteiger partial charge >= 0.3 is 0 Å². The number of aromatic hydroxyl groups is 2. The van der Waals surface area contributed by atoms with Crippen LogP contribution in [0.2, 0.25) is 0 Å². The Morgan fingerprint density at radius 3 is 2.31 bits per heavy atom. The number of halogens is 2. The normalized spacial score (nSPS) is 14.8. The minimum absolute atomic E-state index is 0. The molecule has 4 N–H and O–H groups in total. The second-order valence-electron chi connectivity index (χ2n) is 9.39. The Balaban J connectivity index is 0.00000306. The molecule has 1 unspecified atom stereocenters. The summed E-state index contributed by atoms with van der Waals surface area (Å²) >= 11 is 0. The van der Waals surface area contributed by atoms with Gasteiger partial charge in [-0.15, -0.1) is 24.8 Å². The van der Waals surface area contributed by atoms with Gasteiger partial charge in [0.1, 0.15) is 0 Å². The lowest BCUT2D eigenvalue weighted by molar-refractivity contribution is 0.175. The third-order valence-electron chi connectivity index (χ3n) is 6.91. The third-order valence-corrected chi connectivity index (χ3v) is 6.91. The summed E-state index contributed by atoms with van der Waals surface area (Å²) in [6.07, 6.45) is 10.0. The number of rotatable bonds is 14. The van der Waals surface area contributed by atoms with Gasteiger partial charge < -0.3 is 25.5 Å². The van der Waals surface area contributed by atoms with E-state index in [0.29, 0.717) is 6.04 Å². The van der Waals surface area contributed by atoms with E-state index in [2.05, 4.69) is 29.3 Å². The molecule has 7 heteroatoms. The van der Waals surface area contributed by atoms with Crippen molar-refractivity contribution in [3.8, 4) is 11.5 Å². The summed E-state index contributed by atoms with van der Waals surface area (Å²) < 4.78 is 0. The van der Waals surface area contributed by atoms with Crippen LogP contribution in [-0.2, 0) is 25.9 Å². The summed E-state index contributed by atoms with van der Waals surface area (Å²) in [7, 11) is 0. The Bertz CT molecular complexity index is 849. The standard InChI is InChI=1S/C28H42N2O3.2ClH/c1-2-18-30(25-12-13-26-24(20-25)11-14-27(32)28(26)33)19-6-4-3-5-16-29-17-15-22-7-9-23(21-31)10-8-22;;/h7-11,14,25,29,31-33H,2-6,12-13,15-21H2,1H3;2*1H. The molecule has 198 valence electrons. The molecule has 0 amide bonds. The highest BCUT2D eigenvalue weighted by molar-refractivity contribution is 5.85. The van der Waals surface area contributed by atoms with E-state index in [-0.39, 0.29) is 42.9 Å². The van der Waals surface area contributed by atoms with Gasteiger partial charge in [0, 0.05) is 11.6 Å². The molecule has 0 saturated carbocycles. The first-order valence-electron chi connectivity index (χ1n) is 12.8. The van der Waals surface area contributed by atoms with Crippen molar-refractivity contribution < 1.29 is 15.3 Å². The van der Waals surface area contributed by atoms with Crippen LogP contribution >= 0.6 is 24.8 Å². The monoisotopic (exact) mass is 526 g/mol. The summed E-state index contributed by atoms with van der Waals surface area (Å²) in [5.41, 5.74) is 4.42. The maximum atomic E-state index is 10.1. The largest absolute Gasteiger partial charge is 0.504 e. The Kier molecular flexibility index (Phi) is 15.4. The van der Waals surface area contributed by atoms with E-state index in [9.17, 15) is 10.2 Å². The van der Waals surface area contributed by atoms with Crippen molar-refractivity contribution >= 4 is 24.8 Å². The fourth-order valence-electron chi connectivity index (χ4n) is 4.97. The van der Waals surface area contributed by atoms with Crippen molar-refractivity contribution in [3.05, 3.63) is 58.7 Å². The molecule has 1 aliphatic carbocycles. The first kappa shape index (κ1) is 31.5. The summed E-state index contributed by atoms with van der Waals surface area (Å²) in [4.78, 5) is 2.65. The van der Waals surface area contributed by atoms with Crippen molar-refractivity contribution in [2.24, 2.45) is 0 Å². The van der Waals surface area contributed by atoms with Gasteiger partial charge in [-0.1, -0.05) is 50.1 Å². The highest BCUT2D eigenvalue weighted by Gasteiger charge is 2.26. The van der Waals surface area contributed by atoms with Crippen LogP contribution in [0.25, 0.3) is 0 Å². The van der Waals surface area contributed by atoms with Crippen LogP contribution in [0.1, 0.15) is 67.7 Å². The molecule has 0 saturated heterocycles. The van der Waals surface area contributed by atoms with Gasteiger partial charge in [0.15, 0.2) is 11.5 Å². The lowest BCUT2D eigenvalue weighted by Gasteiger charge is -2.35. The number of hydrogen-bond donors (Lipinski definition) is 4. The molecule has 5 nitrogen and oxygen atoms in total. The van der Waals surface area contributed by atoms with E-state index >= 15 is 0 Å². The lowest BCUT2D eigenvalue weighted by atomic mass is 9.86. The van der Waals surface area contributed by atoms with E-state index in [1.54, 1.807) is 6.07 Å². The number of benzene rings is 2. The number of phenols is 2. The third kappa shape index (κ3) is 9.82. The van der Waals surface area contributed by atoms with Crippen molar-refractivity contribution in [2.45, 2.75) is 77.4 Å². The van der Waals surface area contributed by atoms with Crippen molar-refractivity contribution in [1.29, 1.82) is 0 Å². The van der Waals surface area contributed by atoms with E-state index < -0.39 is 0 Å². The number of nitrogens with one attached hydrogen (secondary N) is 1. The molecule has 35 heavy (non-hydrogen) atoms. The molecule has 0 fully saturated rings. The lowest BCUT2D eigenvalue weighted by Crippen LogP contribution is -2.40. The molecule has 0 spiro atoms. The average molecular weight is 528 g/mol. The minimum Gasteiger partial charge on any atom is -0.504 e. The van der Waals surface area contributed by atoms with E-state index in [0.717, 1.165) is 69.4 Å². The van der Waals surface area contributed by atoms with Gasteiger partial charge in [0.2, 0.25) is 0 Å². The topological polar surface area (TPSA) is 76.0 Å². The smallest absolute Gasteiger partial charge is 0.160 e. The fourth-order valence-corrected chi connectivity index (χ4v) is 4.97. The predicted molar refractivity (Wildman–Crippen MR) is 149 cm³/mol. The maximum Gasteiger partial charge on any atom is 0.160 e. The van der Waals surface area contributed by atoms with E-state index in [1.165, 1.54) is 36.8 Å². The number of unbranched alkanes of at least 4 members (excludes halogenated alkanes) is 3. The van der Waals surface area contributed by atoms with Crippen LogP contribution < -0.4 is 5.32 Å². The zero-order valence-electron chi connectivity index (χ0n) is 21.0. The summed E-state index contributed by atoms with van der Waals surface area (Å²) in [5.74, 6) is 0.0880. The number of aliphatic hydroxyl groups is 1. The van der Waals surface area contributed by atoms with Crippen LogP contribution in [0.15, 0.2) is 36.4 Å². The number of fused-ring (bicyclic) bond motifs is 1. The van der Waals surface area contributed by atoms with Crippen LogP contribution in [0.3, 0.4) is 0 Å². The minimum atomic E-state index is 0. The summed E-state index contributed by atoms with van der Waals surface area (Å²) in [6.45, 7) is 6.71. The summed E-state index contributed by atoms with van der Waals surface area (Å²) in [6, 6.07) is 12.4. The van der Waals surface area contributed by atoms with Crippen LogP contribution in [0.4, 0.5) is 0 Å². The highest BCUT2D eigenvalue weighted by Crippen LogP contribution is 2.36. The van der Waals surface area contributed by atoms with Gasteiger partial charge in [-0.05, 0) is 93.9 Å². The number of nitrogens with zero attached hydrogens (tertiary/aromatic N) is 1. The second-order valence-corrected chi connectivity index (χ2v) is 9.39. The van der Waals surface area contributed by atoms with Gasteiger partial charge in [0.05, 0.1) is 6.61 Å². The molecular formula is C28H44Cl2N2O3. The molecule has 2 aromatic carbocycles. The van der Waals surface area contributed by atoms with Crippen LogP contribution in [0, 0.1) is 0 Å². The molecular weight excluding hydrogens is 483 g/mol. The van der Waals surface area contributed by atoms with Gasteiger partial charge in [0.25, 0.3) is 0 Å². The van der Waals surface area contributed by atoms with Gasteiger partial charge in [-0.3, -0.25) is 0 Å². The molecule has 0 heterocycles. The van der Waals surface area contributed by atoms with Crippen molar-refractivity contribution in [2.75, 3.05) is 26.2 Å². The van der Waals surface area contributed by atoms with Gasteiger partial charge in [-0.2, -0.15) is 0 Å². The Morgan fingerprint density at radius 1 is 0.886 bits per heavy atom. The molecule has 1 aliphatic rings. The number of aliphatic hydroxyl groups excluding tert-OH is 1. The van der Waals surface area contributed by atoms with Crippen LogP contribution in [0.5, 0.6) is 11.5 Å². The highest BCUT2D eigenvalue weighted by atomic mass is 35.5. The first-order valence-corrected chi connectivity index (χ1v) is 12.8. The Morgan fingerprint density at radius 2 is 1.60 bits per heavy atom. The molecule has 0 bridgehead atoms. The first-order chi connectivity index (χ1) is 16.1. The van der Waals surface area contributed by atoms with E-state index in [4.69, 9.17) is 5.11 Å². The molecule has 0 radical (unpaired) electrons. The molecule has 0 aromatic heterocycles. The van der Waals surface area contributed by atoms with Crippen molar-refractivity contribution in [3.63, 3.8) is 0 Å². The second kappa shape index (κ2) is 17.0. The maximum absolute atomic E-state index is 10.1. The fraction of sp³-hybridized carbons (Fsp3) is 0.571. The predicted octanol–water partition coefficient (Wildman–Crippen LogP) is 5.40. The van der Waals surface area contributed by atoms with Crippen LogP contribution in [-0.4, -0.2) is 52.4 Å². The van der Waals surface area contributed by atoms with E-state index in [1.807, 2.05) is 18.2 Å². The average Bonchev–Trinajstić information content (AvgIpc) is 2.84.